The Morgan fingerprint density at radius 3 is 2.62 bits per heavy atom. The molecule has 0 aromatic carbocycles. The smallest absolute Gasteiger partial charge is 0.281 e. The molecule has 0 radical (unpaired) electrons. The van der Waals surface area contributed by atoms with E-state index in [2.05, 4.69) is 4.98 Å². The molecule has 0 aliphatic carbocycles. The van der Waals surface area contributed by atoms with Crippen LogP contribution in [0.5, 0.6) is 0 Å². The van der Waals surface area contributed by atoms with Gasteiger partial charge in [0.1, 0.15) is 5.69 Å². The van der Waals surface area contributed by atoms with E-state index in [0.717, 1.165) is 6.07 Å². The van der Waals surface area contributed by atoms with E-state index < -0.39 is 23.4 Å². The lowest BCUT2D eigenvalue weighted by molar-refractivity contribution is 0.140. The Kier molecular flexibility index (Phi) is 2.72. The Labute approximate surface area is 71.4 Å². The second-order valence-corrected chi connectivity index (χ2v) is 2.39. The summed E-state index contributed by atoms with van der Waals surface area (Å²) in [4.78, 5) is 12.8. The Hall–Kier alpha value is -1.30. The van der Waals surface area contributed by atoms with Gasteiger partial charge in [-0.25, -0.2) is 13.2 Å². The molecule has 0 spiro atoms. The molecule has 0 unspecified atom stereocenters. The van der Waals surface area contributed by atoms with Gasteiger partial charge in [-0.05, 0) is 0 Å². The Balaban J connectivity index is 3.33. The maximum absolute atomic E-state index is 12.7. The highest BCUT2D eigenvalue weighted by molar-refractivity contribution is 5.14. The monoisotopic (exact) mass is 192 g/mol. The topological polar surface area (TPSA) is 58.9 Å². The van der Waals surface area contributed by atoms with E-state index in [1.54, 1.807) is 0 Å². The van der Waals surface area contributed by atoms with E-state index in [1.807, 2.05) is 0 Å². The fourth-order valence-corrected chi connectivity index (χ4v) is 0.879. The van der Waals surface area contributed by atoms with Gasteiger partial charge in [0.25, 0.3) is 6.43 Å². The first kappa shape index (κ1) is 9.79. The van der Waals surface area contributed by atoms with Gasteiger partial charge in [0.05, 0.1) is 0 Å². The van der Waals surface area contributed by atoms with E-state index in [9.17, 15) is 18.0 Å². The molecule has 0 saturated carbocycles. The van der Waals surface area contributed by atoms with Crippen LogP contribution in [-0.4, -0.2) is 4.98 Å². The summed E-state index contributed by atoms with van der Waals surface area (Å²) in [7, 11) is 0. The number of hydrogen-bond acceptors (Lipinski definition) is 2. The molecule has 6 heteroatoms. The van der Waals surface area contributed by atoms with Gasteiger partial charge in [-0.2, -0.15) is 0 Å². The summed E-state index contributed by atoms with van der Waals surface area (Å²) >= 11 is 0. The zero-order valence-corrected chi connectivity index (χ0v) is 6.48. The minimum absolute atomic E-state index is 0.0849. The van der Waals surface area contributed by atoms with Crippen LogP contribution in [-0.2, 0) is 6.54 Å². The summed E-state index contributed by atoms with van der Waals surface area (Å²) < 4.78 is 36.9. The van der Waals surface area contributed by atoms with Crippen LogP contribution in [0.15, 0.2) is 10.9 Å². The lowest BCUT2D eigenvalue weighted by Gasteiger charge is -2.03. The van der Waals surface area contributed by atoms with Gasteiger partial charge in [-0.15, -0.1) is 0 Å². The van der Waals surface area contributed by atoms with Gasteiger partial charge in [0.2, 0.25) is 5.43 Å². The van der Waals surface area contributed by atoms with E-state index in [1.165, 1.54) is 0 Å². The summed E-state index contributed by atoms with van der Waals surface area (Å²) in [5, 5.41) is 0. The SMILES string of the molecule is NCc1cc(=O)c(F)c(C(F)F)[nH]1. The van der Waals surface area contributed by atoms with Crippen molar-refractivity contribution in [2.24, 2.45) is 5.73 Å². The molecule has 3 nitrogen and oxygen atoms in total. The lowest BCUT2D eigenvalue weighted by Crippen LogP contribution is -2.15. The van der Waals surface area contributed by atoms with E-state index in [0.29, 0.717) is 0 Å². The number of rotatable bonds is 2. The van der Waals surface area contributed by atoms with Crippen molar-refractivity contribution in [2.45, 2.75) is 13.0 Å². The maximum Gasteiger partial charge on any atom is 0.281 e. The number of hydrogen-bond donors (Lipinski definition) is 2. The third-order valence-electron chi connectivity index (χ3n) is 1.49. The fourth-order valence-electron chi connectivity index (χ4n) is 0.879. The first-order valence-electron chi connectivity index (χ1n) is 3.46. The molecule has 1 aromatic heterocycles. The highest BCUT2D eigenvalue weighted by atomic mass is 19.3. The van der Waals surface area contributed by atoms with E-state index in [4.69, 9.17) is 5.73 Å². The van der Waals surface area contributed by atoms with Crippen molar-refractivity contribution in [1.82, 2.24) is 4.98 Å². The molecule has 13 heavy (non-hydrogen) atoms. The van der Waals surface area contributed by atoms with Crippen LogP contribution in [0.25, 0.3) is 0 Å². The van der Waals surface area contributed by atoms with Crippen molar-refractivity contribution >= 4 is 0 Å². The first-order valence-corrected chi connectivity index (χ1v) is 3.46. The van der Waals surface area contributed by atoms with E-state index in [-0.39, 0.29) is 12.2 Å². The molecule has 1 rings (SSSR count). The molecule has 0 atom stereocenters. The average Bonchev–Trinajstić information content (AvgIpc) is 2.09. The van der Waals surface area contributed by atoms with Gasteiger partial charge in [0, 0.05) is 18.3 Å². The van der Waals surface area contributed by atoms with Crippen LogP contribution < -0.4 is 11.2 Å². The number of pyridine rings is 1. The van der Waals surface area contributed by atoms with Crippen molar-refractivity contribution in [3.63, 3.8) is 0 Å². The standard InChI is InChI=1S/C7H7F3N2O/c8-5-4(13)1-3(2-11)12-6(5)7(9)10/h1,7H,2,11H2,(H,12,13). The number of aromatic amines is 1. The van der Waals surface area contributed by atoms with Crippen molar-refractivity contribution in [3.8, 4) is 0 Å². The summed E-state index contributed by atoms with van der Waals surface area (Å²) in [6.45, 7) is -0.116. The number of halogens is 3. The van der Waals surface area contributed by atoms with Crippen molar-refractivity contribution in [2.75, 3.05) is 0 Å². The van der Waals surface area contributed by atoms with Gasteiger partial charge in [0.15, 0.2) is 5.82 Å². The predicted molar refractivity (Wildman–Crippen MR) is 39.9 cm³/mol. The third-order valence-corrected chi connectivity index (χ3v) is 1.49. The second kappa shape index (κ2) is 3.61. The van der Waals surface area contributed by atoms with Crippen LogP contribution in [0.1, 0.15) is 17.8 Å². The molecule has 0 aliphatic heterocycles. The fraction of sp³-hybridized carbons (Fsp3) is 0.286. The van der Waals surface area contributed by atoms with E-state index >= 15 is 0 Å². The zero-order valence-electron chi connectivity index (χ0n) is 6.48. The summed E-state index contributed by atoms with van der Waals surface area (Å²) in [6, 6.07) is 0.862. The molecule has 1 aromatic rings. The molecule has 0 saturated heterocycles. The van der Waals surface area contributed by atoms with Crippen LogP contribution >= 0.6 is 0 Å². The summed E-state index contributed by atoms with van der Waals surface area (Å²) in [6.07, 6.45) is -3.04. The van der Waals surface area contributed by atoms with Gasteiger partial charge in [-0.3, -0.25) is 4.79 Å². The van der Waals surface area contributed by atoms with Crippen LogP contribution in [0, 0.1) is 5.82 Å². The Morgan fingerprint density at radius 2 is 2.15 bits per heavy atom. The minimum Gasteiger partial charge on any atom is -0.354 e. The normalized spacial score (nSPS) is 10.8. The molecule has 3 N–H and O–H groups in total. The molecule has 0 amide bonds. The molecular weight excluding hydrogens is 185 g/mol. The van der Waals surface area contributed by atoms with Crippen molar-refractivity contribution < 1.29 is 13.2 Å². The van der Waals surface area contributed by atoms with Gasteiger partial charge in [-0.1, -0.05) is 0 Å². The molecule has 0 fully saturated rings. The zero-order chi connectivity index (χ0) is 10.0. The quantitative estimate of drug-likeness (QED) is 0.731. The Bertz CT molecular complexity index is 361. The summed E-state index contributed by atoms with van der Waals surface area (Å²) in [5.74, 6) is -1.45. The molecule has 0 bridgehead atoms. The number of nitrogens with two attached hydrogens (primary N) is 1. The number of H-pyrrole nitrogens is 1. The minimum atomic E-state index is -3.04. The lowest BCUT2D eigenvalue weighted by atomic mass is 10.3. The largest absolute Gasteiger partial charge is 0.354 e. The highest BCUT2D eigenvalue weighted by Gasteiger charge is 2.17. The molecular formula is C7H7F3N2O. The molecule has 1 heterocycles. The van der Waals surface area contributed by atoms with Crippen LogP contribution in [0.4, 0.5) is 13.2 Å². The summed E-state index contributed by atoms with van der Waals surface area (Å²) in [5.41, 5.74) is 3.10. The van der Waals surface area contributed by atoms with Gasteiger partial charge < -0.3 is 10.7 Å². The first-order chi connectivity index (χ1) is 6.06. The van der Waals surface area contributed by atoms with Crippen molar-refractivity contribution in [3.05, 3.63) is 33.5 Å². The van der Waals surface area contributed by atoms with Crippen LogP contribution in [0.3, 0.4) is 0 Å². The van der Waals surface area contributed by atoms with Crippen molar-refractivity contribution in [1.29, 1.82) is 0 Å². The Morgan fingerprint density at radius 1 is 1.54 bits per heavy atom. The average molecular weight is 192 g/mol. The highest BCUT2D eigenvalue weighted by Crippen LogP contribution is 2.17. The number of aromatic nitrogens is 1. The number of alkyl halides is 2. The molecule has 72 valence electrons. The van der Waals surface area contributed by atoms with Gasteiger partial charge >= 0.3 is 0 Å². The van der Waals surface area contributed by atoms with Crippen LogP contribution in [0.2, 0.25) is 0 Å². The molecule has 0 aliphatic rings. The predicted octanol–water partition coefficient (Wildman–Crippen LogP) is 0.910. The maximum atomic E-state index is 12.7. The number of nitrogens with one attached hydrogen (secondary N) is 1. The second-order valence-electron chi connectivity index (χ2n) is 2.39. The third kappa shape index (κ3) is 1.89.